The SMILES string of the molecule is COC(CC1[C@H](CO)C1(C)C)OC. The third-order valence-electron chi connectivity index (χ3n) is 3.46. The van der Waals surface area contributed by atoms with Crippen molar-refractivity contribution in [3.63, 3.8) is 0 Å². The predicted octanol–water partition coefficient (Wildman–Crippen LogP) is 1.26. The zero-order valence-corrected chi connectivity index (χ0v) is 8.91. The molecule has 1 unspecified atom stereocenters. The average Bonchev–Trinajstić information content (AvgIpc) is 2.63. The van der Waals surface area contributed by atoms with E-state index in [1.807, 2.05) is 0 Å². The van der Waals surface area contributed by atoms with E-state index in [2.05, 4.69) is 13.8 Å². The Bertz CT molecular complexity index is 164. The smallest absolute Gasteiger partial charge is 0.157 e. The van der Waals surface area contributed by atoms with Crippen molar-refractivity contribution in [2.45, 2.75) is 26.6 Å². The largest absolute Gasteiger partial charge is 0.396 e. The van der Waals surface area contributed by atoms with Crippen LogP contribution in [0.2, 0.25) is 0 Å². The maximum Gasteiger partial charge on any atom is 0.157 e. The monoisotopic (exact) mass is 188 g/mol. The molecule has 0 aromatic rings. The van der Waals surface area contributed by atoms with Crippen molar-refractivity contribution in [2.75, 3.05) is 20.8 Å². The van der Waals surface area contributed by atoms with Gasteiger partial charge in [-0.25, -0.2) is 0 Å². The van der Waals surface area contributed by atoms with Crippen LogP contribution in [0.4, 0.5) is 0 Å². The molecule has 1 rings (SSSR count). The van der Waals surface area contributed by atoms with E-state index in [9.17, 15) is 0 Å². The summed E-state index contributed by atoms with van der Waals surface area (Å²) in [5.74, 6) is 0.947. The van der Waals surface area contributed by atoms with Crippen LogP contribution in [0.5, 0.6) is 0 Å². The Morgan fingerprint density at radius 1 is 1.23 bits per heavy atom. The Labute approximate surface area is 80.0 Å². The normalized spacial score (nSPS) is 30.9. The van der Waals surface area contributed by atoms with E-state index in [0.717, 1.165) is 6.42 Å². The van der Waals surface area contributed by atoms with Crippen molar-refractivity contribution in [1.29, 1.82) is 0 Å². The standard InChI is InChI=1S/C10H20O3/c1-10(2)7(8(10)6-11)5-9(12-3)13-4/h7-9,11H,5-6H2,1-4H3/t7?,8-/m0/s1. The fourth-order valence-corrected chi connectivity index (χ4v) is 2.18. The van der Waals surface area contributed by atoms with E-state index < -0.39 is 0 Å². The van der Waals surface area contributed by atoms with Gasteiger partial charge in [-0.2, -0.15) is 0 Å². The van der Waals surface area contributed by atoms with Crippen molar-refractivity contribution in [2.24, 2.45) is 17.3 Å². The summed E-state index contributed by atoms with van der Waals surface area (Å²) in [6, 6.07) is 0. The molecule has 1 saturated carbocycles. The summed E-state index contributed by atoms with van der Waals surface area (Å²) < 4.78 is 10.3. The molecular formula is C10H20O3. The molecule has 2 atom stereocenters. The third kappa shape index (κ3) is 2.03. The zero-order valence-electron chi connectivity index (χ0n) is 8.91. The topological polar surface area (TPSA) is 38.7 Å². The molecule has 13 heavy (non-hydrogen) atoms. The number of ether oxygens (including phenoxy) is 2. The molecule has 0 heterocycles. The van der Waals surface area contributed by atoms with Gasteiger partial charge in [0.25, 0.3) is 0 Å². The van der Waals surface area contributed by atoms with Gasteiger partial charge in [-0.05, 0) is 17.3 Å². The van der Waals surface area contributed by atoms with Crippen LogP contribution in [-0.4, -0.2) is 32.2 Å². The summed E-state index contributed by atoms with van der Waals surface area (Å²) in [6.45, 7) is 4.64. The second-order valence-corrected chi connectivity index (χ2v) is 4.35. The number of hydrogen-bond donors (Lipinski definition) is 1. The van der Waals surface area contributed by atoms with Gasteiger partial charge in [0.2, 0.25) is 0 Å². The highest BCUT2D eigenvalue weighted by molar-refractivity contribution is 5.04. The molecule has 1 fully saturated rings. The van der Waals surface area contributed by atoms with Crippen LogP contribution >= 0.6 is 0 Å². The van der Waals surface area contributed by atoms with Gasteiger partial charge in [-0.1, -0.05) is 13.8 Å². The molecule has 0 spiro atoms. The molecule has 0 radical (unpaired) electrons. The van der Waals surface area contributed by atoms with E-state index in [-0.39, 0.29) is 18.3 Å². The molecule has 3 nitrogen and oxygen atoms in total. The van der Waals surface area contributed by atoms with Crippen LogP contribution in [0.25, 0.3) is 0 Å². The maximum absolute atomic E-state index is 9.09. The molecule has 1 N–H and O–H groups in total. The number of methoxy groups -OCH3 is 2. The lowest BCUT2D eigenvalue weighted by Crippen LogP contribution is -2.14. The minimum atomic E-state index is -0.124. The van der Waals surface area contributed by atoms with Gasteiger partial charge in [-0.15, -0.1) is 0 Å². The molecule has 3 heteroatoms. The van der Waals surface area contributed by atoms with Gasteiger partial charge in [0, 0.05) is 27.2 Å². The number of aliphatic hydroxyl groups is 1. The highest BCUT2D eigenvalue weighted by Gasteiger charge is 2.57. The molecule has 0 saturated heterocycles. The van der Waals surface area contributed by atoms with Crippen molar-refractivity contribution in [3.8, 4) is 0 Å². The van der Waals surface area contributed by atoms with E-state index >= 15 is 0 Å². The summed E-state index contributed by atoms with van der Waals surface area (Å²) in [4.78, 5) is 0. The van der Waals surface area contributed by atoms with Gasteiger partial charge in [0.05, 0.1) is 0 Å². The second-order valence-electron chi connectivity index (χ2n) is 4.35. The molecular weight excluding hydrogens is 168 g/mol. The quantitative estimate of drug-likeness (QED) is 0.660. The maximum atomic E-state index is 9.09. The predicted molar refractivity (Wildman–Crippen MR) is 50.3 cm³/mol. The van der Waals surface area contributed by atoms with Crippen LogP contribution in [0.3, 0.4) is 0 Å². The molecule has 1 aliphatic rings. The molecule has 0 aromatic heterocycles. The van der Waals surface area contributed by atoms with Crippen molar-refractivity contribution >= 4 is 0 Å². The second kappa shape index (κ2) is 3.95. The van der Waals surface area contributed by atoms with Crippen molar-refractivity contribution < 1.29 is 14.6 Å². The first-order valence-corrected chi connectivity index (χ1v) is 4.74. The first kappa shape index (κ1) is 11.0. The van der Waals surface area contributed by atoms with Gasteiger partial charge in [0.15, 0.2) is 6.29 Å². The summed E-state index contributed by atoms with van der Waals surface area (Å²) in [5, 5.41) is 9.09. The van der Waals surface area contributed by atoms with Crippen LogP contribution in [-0.2, 0) is 9.47 Å². The number of aliphatic hydroxyl groups excluding tert-OH is 1. The lowest BCUT2D eigenvalue weighted by Gasteiger charge is -2.13. The minimum absolute atomic E-state index is 0.124. The first-order valence-electron chi connectivity index (χ1n) is 4.74. The van der Waals surface area contributed by atoms with Gasteiger partial charge in [0.1, 0.15) is 0 Å². The highest BCUT2D eigenvalue weighted by Crippen LogP contribution is 2.60. The molecule has 0 amide bonds. The van der Waals surface area contributed by atoms with E-state index in [1.165, 1.54) is 0 Å². The Kier molecular flexibility index (Phi) is 3.33. The molecule has 0 aromatic carbocycles. The molecule has 78 valence electrons. The number of hydrogen-bond acceptors (Lipinski definition) is 3. The lowest BCUT2D eigenvalue weighted by atomic mass is 10.1. The average molecular weight is 188 g/mol. The minimum Gasteiger partial charge on any atom is -0.396 e. The van der Waals surface area contributed by atoms with E-state index in [4.69, 9.17) is 14.6 Å². The van der Waals surface area contributed by atoms with Crippen molar-refractivity contribution in [3.05, 3.63) is 0 Å². The zero-order chi connectivity index (χ0) is 10.1. The van der Waals surface area contributed by atoms with Gasteiger partial charge in [-0.3, -0.25) is 0 Å². The van der Waals surface area contributed by atoms with E-state index in [0.29, 0.717) is 11.8 Å². The summed E-state index contributed by atoms with van der Waals surface area (Å²) in [6.07, 6.45) is 0.756. The fraction of sp³-hybridized carbons (Fsp3) is 1.00. The first-order chi connectivity index (χ1) is 6.07. The molecule has 0 aliphatic heterocycles. The lowest BCUT2D eigenvalue weighted by molar-refractivity contribution is -0.111. The molecule has 0 bridgehead atoms. The fourth-order valence-electron chi connectivity index (χ4n) is 2.18. The molecule has 1 aliphatic carbocycles. The van der Waals surface area contributed by atoms with Gasteiger partial charge >= 0.3 is 0 Å². The van der Waals surface area contributed by atoms with Crippen LogP contribution in [0, 0.1) is 17.3 Å². The Morgan fingerprint density at radius 2 is 1.77 bits per heavy atom. The summed E-state index contributed by atoms with van der Waals surface area (Å²) in [5.41, 5.74) is 0.254. The van der Waals surface area contributed by atoms with Crippen LogP contribution in [0.1, 0.15) is 20.3 Å². The highest BCUT2D eigenvalue weighted by atomic mass is 16.7. The number of rotatable bonds is 5. The third-order valence-corrected chi connectivity index (χ3v) is 3.46. The van der Waals surface area contributed by atoms with Crippen LogP contribution in [0.15, 0.2) is 0 Å². The summed E-state index contributed by atoms with van der Waals surface area (Å²) >= 11 is 0. The van der Waals surface area contributed by atoms with Crippen LogP contribution < -0.4 is 0 Å². The Morgan fingerprint density at radius 3 is 2.08 bits per heavy atom. The van der Waals surface area contributed by atoms with Gasteiger partial charge < -0.3 is 14.6 Å². The van der Waals surface area contributed by atoms with Crippen molar-refractivity contribution in [1.82, 2.24) is 0 Å². The Hall–Kier alpha value is -0.120. The van der Waals surface area contributed by atoms with E-state index in [1.54, 1.807) is 14.2 Å². The Balaban J connectivity index is 2.39. The summed E-state index contributed by atoms with van der Waals surface area (Å²) in [7, 11) is 3.30.